The van der Waals surface area contributed by atoms with Crippen molar-refractivity contribution in [3.63, 3.8) is 0 Å². The number of aryl methyl sites for hydroxylation is 1. The van der Waals surface area contributed by atoms with Crippen LogP contribution in [-0.4, -0.2) is 83.5 Å². The van der Waals surface area contributed by atoms with Gasteiger partial charge in [-0.1, -0.05) is 36.0 Å². The maximum Gasteiger partial charge on any atom is 0.191 e. The Morgan fingerprint density at radius 3 is 2.89 bits per heavy atom. The molecule has 3 aromatic rings. The zero-order valence-corrected chi connectivity index (χ0v) is 20.5. The average Bonchev–Trinajstić information content (AvgIpc) is 3.21. The summed E-state index contributed by atoms with van der Waals surface area (Å²) in [5.41, 5.74) is -0.389. The molecule has 0 bridgehead atoms. The van der Waals surface area contributed by atoms with E-state index in [0.717, 1.165) is 11.8 Å². The van der Waals surface area contributed by atoms with Gasteiger partial charge in [-0.05, 0) is 37.0 Å². The van der Waals surface area contributed by atoms with Crippen molar-refractivity contribution in [2.75, 3.05) is 24.2 Å². The predicted molar refractivity (Wildman–Crippen MR) is 133 cm³/mol. The smallest absolute Gasteiger partial charge is 0.191 e. The number of thioether (sulfide) groups is 1. The summed E-state index contributed by atoms with van der Waals surface area (Å²) in [7, 11) is 0. The van der Waals surface area contributed by atoms with Crippen LogP contribution >= 0.6 is 11.8 Å². The largest absolute Gasteiger partial charge is 0.394 e. The van der Waals surface area contributed by atoms with Gasteiger partial charge < -0.3 is 25.4 Å². The van der Waals surface area contributed by atoms with Gasteiger partial charge >= 0.3 is 0 Å². The fraction of sp³-hybridized carbons (Fsp3) is 0.583. The molecule has 12 heteroatoms. The second-order valence-electron chi connectivity index (χ2n) is 8.84. The lowest BCUT2D eigenvalue weighted by molar-refractivity contribution is -0.0629. The molecule has 2 saturated carbocycles. The number of ether oxygens (including phenoxy) is 1. The van der Waals surface area contributed by atoms with Crippen molar-refractivity contribution < 1.29 is 31.3 Å². The first-order valence-corrected chi connectivity index (χ1v) is 12.5. The van der Waals surface area contributed by atoms with Gasteiger partial charge in [-0.3, -0.25) is 0 Å². The van der Waals surface area contributed by atoms with Gasteiger partial charge in [0.1, 0.15) is 18.0 Å². The van der Waals surface area contributed by atoms with E-state index in [1.54, 1.807) is 26.0 Å². The number of anilines is 1. The topological polar surface area (TPSA) is 138 Å². The van der Waals surface area contributed by atoms with Crippen LogP contribution in [0.5, 0.6) is 0 Å². The maximum atomic E-state index is 14.2. The van der Waals surface area contributed by atoms with E-state index in [4.69, 9.17) is 11.6 Å². The third kappa shape index (κ3) is 4.92. The van der Waals surface area contributed by atoms with Crippen molar-refractivity contribution in [3.05, 3.63) is 35.1 Å². The van der Waals surface area contributed by atoms with E-state index in [1.807, 2.05) is 0 Å². The molecule has 1 aromatic carbocycles. The summed E-state index contributed by atoms with van der Waals surface area (Å²) in [5.74, 6) is -1.33. The van der Waals surface area contributed by atoms with Crippen LogP contribution in [0.3, 0.4) is 0 Å². The Morgan fingerprint density at radius 2 is 2.14 bits per heavy atom. The Bertz CT molecular complexity index is 1450. The molecule has 0 spiro atoms. The lowest BCUT2D eigenvalue weighted by Gasteiger charge is -2.17. The van der Waals surface area contributed by atoms with Crippen molar-refractivity contribution in [2.45, 2.75) is 74.6 Å². The first-order valence-electron chi connectivity index (χ1n) is 14.2. The Labute approximate surface area is 219 Å². The SMILES string of the molecule is [2H]C([2H])(O)CO[C@H]1C[C@@H](n2nnc3c(N[C@@H]4C[C@@]4([2H])c4ccc(C)c(F)c4)nc(SC([2H])([2H])CC)nc32)[C@H](O)[C@@H]1O. The lowest BCUT2D eigenvalue weighted by atomic mass is 10.1. The molecule has 5 rings (SSSR count). The number of aromatic nitrogens is 5. The fourth-order valence-electron chi connectivity index (χ4n) is 4.41. The molecular formula is C24H31FN6O4S. The maximum absolute atomic E-state index is 14.2. The molecule has 36 heavy (non-hydrogen) atoms. The minimum absolute atomic E-state index is 0.000650. The second-order valence-corrected chi connectivity index (χ2v) is 9.70. The molecule has 2 aliphatic carbocycles. The van der Waals surface area contributed by atoms with Crippen molar-refractivity contribution >= 4 is 28.7 Å². The Morgan fingerprint density at radius 1 is 1.31 bits per heavy atom. The summed E-state index contributed by atoms with van der Waals surface area (Å²) in [4.78, 5) is 8.94. The molecular weight excluding hydrogens is 487 g/mol. The van der Waals surface area contributed by atoms with Crippen molar-refractivity contribution in [3.8, 4) is 0 Å². The quantitative estimate of drug-likeness (QED) is 0.231. The van der Waals surface area contributed by atoms with Crippen LogP contribution in [0.2, 0.25) is 0 Å². The summed E-state index contributed by atoms with van der Waals surface area (Å²) >= 11 is 0.789. The Balaban J connectivity index is 1.47. The number of hydrogen-bond donors (Lipinski definition) is 4. The first-order chi connectivity index (χ1) is 19.1. The number of halogens is 1. The van der Waals surface area contributed by atoms with Crippen LogP contribution in [0.4, 0.5) is 10.2 Å². The van der Waals surface area contributed by atoms with E-state index in [1.165, 1.54) is 10.7 Å². The predicted octanol–water partition coefficient (Wildman–Crippen LogP) is 2.18. The average molecular weight is 524 g/mol. The molecule has 10 nitrogen and oxygen atoms in total. The second kappa shape index (κ2) is 10.5. The minimum Gasteiger partial charge on any atom is -0.394 e. The minimum atomic E-state index is -2.62. The summed E-state index contributed by atoms with van der Waals surface area (Å²) in [6.07, 6.45) is -3.28. The number of hydrogen-bond acceptors (Lipinski definition) is 10. The molecule has 194 valence electrons. The summed E-state index contributed by atoms with van der Waals surface area (Å²) in [6, 6.07) is 3.34. The highest BCUT2D eigenvalue weighted by Gasteiger charge is 2.45. The molecule has 2 aromatic heterocycles. The Kier molecular flexibility index (Phi) is 5.77. The molecule has 0 aliphatic heterocycles. The number of nitrogens with one attached hydrogen (secondary N) is 1. The van der Waals surface area contributed by atoms with Crippen LogP contribution in [-0.2, 0) is 4.74 Å². The highest BCUT2D eigenvalue weighted by Crippen LogP contribution is 2.44. The molecule has 0 saturated heterocycles. The van der Waals surface area contributed by atoms with Gasteiger partial charge in [-0.25, -0.2) is 19.0 Å². The van der Waals surface area contributed by atoms with Crippen molar-refractivity contribution in [1.82, 2.24) is 25.0 Å². The number of rotatable bonds is 10. The van der Waals surface area contributed by atoms with Gasteiger partial charge in [0.2, 0.25) is 0 Å². The molecule has 2 fully saturated rings. The molecule has 2 aliphatic rings. The molecule has 2 heterocycles. The molecule has 0 unspecified atom stereocenters. The third-order valence-electron chi connectivity index (χ3n) is 6.42. The van der Waals surface area contributed by atoms with Gasteiger partial charge in [0.25, 0.3) is 0 Å². The normalized spacial score (nSPS) is 32.5. The molecule has 0 amide bonds. The van der Waals surface area contributed by atoms with Crippen LogP contribution in [0, 0.1) is 12.7 Å². The van der Waals surface area contributed by atoms with Crippen LogP contribution in [0.15, 0.2) is 23.4 Å². The van der Waals surface area contributed by atoms with Gasteiger partial charge in [0.15, 0.2) is 22.1 Å². The zero-order chi connectivity index (χ0) is 29.9. The van der Waals surface area contributed by atoms with E-state index in [2.05, 4.69) is 25.6 Å². The van der Waals surface area contributed by atoms with E-state index in [-0.39, 0.29) is 35.0 Å². The van der Waals surface area contributed by atoms with Gasteiger partial charge in [0.05, 0.1) is 28.1 Å². The summed E-state index contributed by atoms with van der Waals surface area (Å²) < 4.78 is 60.6. The highest BCUT2D eigenvalue weighted by atomic mass is 32.2. The lowest BCUT2D eigenvalue weighted by Crippen LogP contribution is -2.33. The van der Waals surface area contributed by atoms with E-state index in [9.17, 15) is 19.7 Å². The molecule has 4 N–H and O–H groups in total. The van der Waals surface area contributed by atoms with E-state index in [0.29, 0.717) is 17.5 Å². The number of benzene rings is 1. The van der Waals surface area contributed by atoms with Gasteiger partial charge in [0, 0.05) is 28.2 Å². The highest BCUT2D eigenvalue weighted by molar-refractivity contribution is 7.99. The van der Waals surface area contributed by atoms with Gasteiger partial charge in [-0.2, -0.15) is 0 Å². The number of aliphatic hydroxyl groups is 3. The van der Waals surface area contributed by atoms with E-state index < -0.39 is 61.0 Å². The number of fused-ring (bicyclic) bond motifs is 1. The number of nitrogens with zero attached hydrogens (tertiary/aromatic N) is 5. The molecule has 6 atom stereocenters. The number of aliphatic hydroxyl groups excluding tert-OH is 2. The van der Waals surface area contributed by atoms with Gasteiger partial charge in [-0.15, -0.1) is 5.10 Å². The van der Waals surface area contributed by atoms with E-state index >= 15 is 0 Å². The summed E-state index contributed by atoms with van der Waals surface area (Å²) in [6.45, 7) is -0.00847. The van der Waals surface area contributed by atoms with Crippen LogP contribution < -0.4 is 5.32 Å². The first kappa shape index (κ1) is 19.7. The monoisotopic (exact) mass is 523 g/mol. The summed E-state index contributed by atoms with van der Waals surface area (Å²) in [5, 5.41) is 42.2. The van der Waals surface area contributed by atoms with Crippen molar-refractivity contribution in [2.24, 2.45) is 0 Å². The Hall–Kier alpha value is -2.38. The van der Waals surface area contributed by atoms with Crippen LogP contribution in [0.25, 0.3) is 11.2 Å². The molecule has 0 radical (unpaired) electrons. The zero-order valence-electron chi connectivity index (χ0n) is 24.7. The fourth-order valence-corrected chi connectivity index (χ4v) is 4.95. The van der Waals surface area contributed by atoms with Crippen molar-refractivity contribution in [1.29, 1.82) is 0 Å². The standard InChI is InChI=1S/C24H31FN6O4S/c1-3-8-36-24-27-22(26-16-10-14(16)13-5-4-12(2)15(25)9-13)19-23(28-24)31(30-29-19)17-11-18(35-7-6-32)21(34)20(17)33/h4-5,9,14,16-18,20-21,32-34H,3,6-8,10-11H2,1-2H3,(H,26,27,28)/t14-,16+,17+,18-,20-,21+/m0/s1/i6D2,8D2,14D. The van der Waals surface area contributed by atoms with Crippen LogP contribution in [0.1, 0.15) is 56.1 Å². The third-order valence-corrected chi connectivity index (χ3v) is 7.22.